The minimum atomic E-state index is -0.429. The van der Waals surface area contributed by atoms with Gasteiger partial charge in [0, 0.05) is 19.7 Å². The quantitative estimate of drug-likeness (QED) is 0.849. The summed E-state index contributed by atoms with van der Waals surface area (Å²) in [5, 5.41) is 0. The summed E-state index contributed by atoms with van der Waals surface area (Å²) in [5.74, 6) is 0.718. The molecule has 0 aromatic carbocycles. The van der Waals surface area contributed by atoms with Gasteiger partial charge in [-0.2, -0.15) is 0 Å². The molecule has 2 N–H and O–H groups in total. The first-order chi connectivity index (χ1) is 8.71. The van der Waals surface area contributed by atoms with Crippen molar-refractivity contribution in [2.24, 2.45) is 17.1 Å². The maximum atomic E-state index is 12.3. The molecule has 0 saturated carbocycles. The van der Waals surface area contributed by atoms with Gasteiger partial charge in [0.05, 0.1) is 12.1 Å². The average molecular weight is 307 g/mol. The molecule has 4 nitrogen and oxygen atoms in total. The number of likely N-dealkylation sites (tertiary alicyclic amines) is 1. The molecule has 0 aliphatic carbocycles. The predicted octanol–water partition coefficient (Wildman–Crippen LogP) is 2.45. The molecule has 1 aliphatic heterocycles. The monoisotopic (exact) mass is 306 g/mol. The molecule has 1 fully saturated rings. The Hall–Kier alpha value is -0.320. The molecule has 5 heteroatoms. The van der Waals surface area contributed by atoms with Crippen molar-refractivity contribution in [3.63, 3.8) is 0 Å². The summed E-state index contributed by atoms with van der Waals surface area (Å²) in [6.45, 7) is 12.6. The van der Waals surface area contributed by atoms with Gasteiger partial charge in [0.1, 0.15) is 0 Å². The van der Waals surface area contributed by atoms with Crippen LogP contribution >= 0.6 is 12.4 Å². The number of hydrogen-bond donors (Lipinski definition) is 1. The van der Waals surface area contributed by atoms with Crippen LogP contribution in [0, 0.1) is 11.3 Å². The number of carbonyl (C=O) groups is 1. The van der Waals surface area contributed by atoms with Crippen LogP contribution in [0.5, 0.6) is 0 Å². The largest absolute Gasteiger partial charge is 0.376 e. The van der Waals surface area contributed by atoms with Gasteiger partial charge in [-0.25, -0.2) is 0 Å². The Morgan fingerprint density at radius 1 is 1.40 bits per heavy atom. The van der Waals surface area contributed by atoms with Crippen molar-refractivity contribution in [2.75, 3.05) is 19.7 Å². The number of nitrogens with zero attached hydrogens (tertiary/aromatic N) is 1. The molecule has 0 aromatic heterocycles. The van der Waals surface area contributed by atoms with E-state index in [0.29, 0.717) is 12.5 Å². The minimum Gasteiger partial charge on any atom is -0.376 e. The van der Waals surface area contributed by atoms with E-state index >= 15 is 0 Å². The molecule has 1 heterocycles. The fraction of sp³-hybridized carbons (Fsp3) is 0.933. The smallest absolute Gasteiger partial charge is 0.240 e. The highest BCUT2D eigenvalue weighted by atomic mass is 35.5. The van der Waals surface area contributed by atoms with Gasteiger partial charge in [0.15, 0.2) is 0 Å². The Morgan fingerprint density at radius 3 is 2.50 bits per heavy atom. The van der Waals surface area contributed by atoms with E-state index in [4.69, 9.17) is 10.5 Å². The molecule has 2 atom stereocenters. The lowest BCUT2D eigenvalue weighted by atomic mass is 9.86. The molecule has 0 bridgehead atoms. The number of nitrogens with two attached hydrogens (primary N) is 1. The maximum absolute atomic E-state index is 12.3. The molecule has 1 amide bonds. The van der Waals surface area contributed by atoms with E-state index in [1.54, 1.807) is 0 Å². The molecule has 1 rings (SSSR count). The zero-order valence-electron chi connectivity index (χ0n) is 13.5. The number of halogens is 1. The fourth-order valence-electron chi connectivity index (χ4n) is 2.10. The first-order valence-corrected chi connectivity index (χ1v) is 7.37. The first-order valence-electron chi connectivity index (χ1n) is 7.37. The first kappa shape index (κ1) is 19.7. The van der Waals surface area contributed by atoms with Crippen LogP contribution in [0.3, 0.4) is 0 Å². The highest BCUT2D eigenvalue weighted by molar-refractivity contribution is 5.85. The van der Waals surface area contributed by atoms with E-state index in [-0.39, 0.29) is 29.8 Å². The van der Waals surface area contributed by atoms with Gasteiger partial charge < -0.3 is 15.4 Å². The van der Waals surface area contributed by atoms with Crippen LogP contribution in [0.4, 0.5) is 0 Å². The standard InChI is InChI=1S/C15H30N2O2.ClH/c1-11(2)7-9-19-12-6-8-17(10-12)14(18)13(16)15(3,4)5;/h11-13H,6-10,16H2,1-5H3;1H/t12?,13-;/m1./s1. The molecular weight excluding hydrogens is 276 g/mol. The maximum Gasteiger partial charge on any atom is 0.240 e. The molecule has 20 heavy (non-hydrogen) atoms. The fourth-order valence-corrected chi connectivity index (χ4v) is 2.10. The van der Waals surface area contributed by atoms with Gasteiger partial charge in [-0.15, -0.1) is 12.4 Å². The third kappa shape index (κ3) is 5.98. The SMILES string of the molecule is CC(C)CCOC1CCN(C(=O)[C@@H](N)C(C)(C)C)C1.Cl. The average Bonchev–Trinajstić information content (AvgIpc) is 2.74. The van der Waals surface area contributed by atoms with E-state index in [0.717, 1.165) is 26.0 Å². The van der Waals surface area contributed by atoms with E-state index in [1.165, 1.54) is 0 Å². The Morgan fingerprint density at radius 2 is 2.00 bits per heavy atom. The molecule has 0 radical (unpaired) electrons. The van der Waals surface area contributed by atoms with Crippen LogP contribution in [-0.2, 0) is 9.53 Å². The second-order valence-corrected chi connectivity index (χ2v) is 7.09. The van der Waals surface area contributed by atoms with Crippen LogP contribution in [0.1, 0.15) is 47.5 Å². The topological polar surface area (TPSA) is 55.6 Å². The van der Waals surface area contributed by atoms with E-state index in [1.807, 2.05) is 25.7 Å². The van der Waals surface area contributed by atoms with E-state index in [9.17, 15) is 4.79 Å². The predicted molar refractivity (Wildman–Crippen MR) is 85.1 cm³/mol. The summed E-state index contributed by atoms with van der Waals surface area (Å²) in [6, 6.07) is -0.429. The van der Waals surface area contributed by atoms with Gasteiger partial charge >= 0.3 is 0 Å². The normalized spacial score (nSPS) is 20.9. The van der Waals surface area contributed by atoms with E-state index < -0.39 is 6.04 Å². The lowest BCUT2D eigenvalue weighted by molar-refractivity contribution is -0.134. The summed E-state index contributed by atoms with van der Waals surface area (Å²) >= 11 is 0. The molecule has 1 saturated heterocycles. The van der Waals surface area contributed by atoms with Crippen molar-refractivity contribution in [1.29, 1.82) is 0 Å². The van der Waals surface area contributed by atoms with Gasteiger partial charge in [0.2, 0.25) is 5.91 Å². The van der Waals surface area contributed by atoms with Crippen molar-refractivity contribution < 1.29 is 9.53 Å². The summed E-state index contributed by atoms with van der Waals surface area (Å²) in [5.41, 5.74) is 5.84. The van der Waals surface area contributed by atoms with Crippen LogP contribution in [-0.4, -0.2) is 42.6 Å². The Labute approximate surface area is 129 Å². The van der Waals surface area contributed by atoms with Crippen molar-refractivity contribution in [3.05, 3.63) is 0 Å². The van der Waals surface area contributed by atoms with Gasteiger partial charge in [-0.05, 0) is 24.2 Å². The van der Waals surface area contributed by atoms with Crippen LogP contribution < -0.4 is 5.73 Å². The summed E-state index contributed by atoms with van der Waals surface area (Å²) in [6.07, 6.45) is 2.20. The number of carbonyl (C=O) groups excluding carboxylic acids is 1. The number of ether oxygens (including phenoxy) is 1. The van der Waals surface area contributed by atoms with E-state index in [2.05, 4.69) is 13.8 Å². The molecule has 1 unspecified atom stereocenters. The van der Waals surface area contributed by atoms with Crippen molar-refractivity contribution in [3.8, 4) is 0 Å². The van der Waals surface area contributed by atoms with Crippen molar-refractivity contribution in [2.45, 2.75) is 59.6 Å². The van der Waals surface area contributed by atoms with Gasteiger partial charge in [0.25, 0.3) is 0 Å². The lowest BCUT2D eigenvalue weighted by Gasteiger charge is -2.29. The minimum absolute atomic E-state index is 0. The third-order valence-corrected chi connectivity index (χ3v) is 3.70. The zero-order chi connectivity index (χ0) is 14.6. The molecule has 1 aliphatic rings. The second-order valence-electron chi connectivity index (χ2n) is 7.09. The third-order valence-electron chi connectivity index (χ3n) is 3.70. The Bertz CT molecular complexity index is 303. The lowest BCUT2D eigenvalue weighted by Crippen LogP contribution is -2.50. The van der Waals surface area contributed by atoms with Crippen LogP contribution in [0.15, 0.2) is 0 Å². The highest BCUT2D eigenvalue weighted by Gasteiger charge is 2.34. The highest BCUT2D eigenvalue weighted by Crippen LogP contribution is 2.22. The van der Waals surface area contributed by atoms with Crippen molar-refractivity contribution in [1.82, 2.24) is 4.90 Å². The number of rotatable bonds is 5. The summed E-state index contributed by atoms with van der Waals surface area (Å²) in [7, 11) is 0. The second kappa shape index (κ2) is 8.20. The number of amides is 1. The van der Waals surface area contributed by atoms with Gasteiger partial charge in [-0.1, -0.05) is 34.6 Å². The Kier molecular flexibility index (Phi) is 8.07. The van der Waals surface area contributed by atoms with Gasteiger partial charge in [-0.3, -0.25) is 4.79 Å². The summed E-state index contributed by atoms with van der Waals surface area (Å²) < 4.78 is 5.82. The number of hydrogen-bond acceptors (Lipinski definition) is 3. The van der Waals surface area contributed by atoms with Crippen molar-refractivity contribution >= 4 is 18.3 Å². The Balaban J connectivity index is 0.00000361. The van der Waals surface area contributed by atoms with Crippen LogP contribution in [0.2, 0.25) is 0 Å². The molecule has 0 aromatic rings. The zero-order valence-corrected chi connectivity index (χ0v) is 14.3. The molecular formula is C15H31ClN2O2. The molecule has 0 spiro atoms. The summed E-state index contributed by atoms with van der Waals surface area (Å²) in [4.78, 5) is 14.1. The molecule has 120 valence electrons. The van der Waals surface area contributed by atoms with Crippen LogP contribution in [0.25, 0.3) is 0 Å².